The fourth-order valence-electron chi connectivity index (χ4n) is 1.14. The molecule has 5 nitrogen and oxygen atoms in total. The highest BCUT2D eigenvalue weighted by molar-refractivity contribution is 5.18. The van der Waals surface area contributed by atoms with E-state index in [0.29, 0.717) is 0 Å². The normalized spacial score (nSPS) is 10.9. The van der Waals surface area contributed by atoms with Crippen molar-refractivity contribution in [2.75, 3.05) is 6.54 Å². The predicted molar refractivity (Wildman–Crippen MR) is 43.7 cm³/mol. The topological polar surface area (TPSA) is 61.0 Å². The molecule has 78 valence electrons. The van der Waals surface area contributed by atoms with Crippen molar-refractivity contribution in [1.29, 1.82) is 0 Å². The average Bonchev–Trinajstić information content (AvgIpc) is 2.43. The molecule has 0 atom stereocenters. The Kier molecular flexibility index (Phi) is 3.10. The van der Waals surface area contributed by atoms with Crippen LogP contribution in [0.3, 0.4) is 0 Å². The van der Waals surface area contributed by atoms with Crippen molar-refractivity contribution in [3.8, 4) is 0 Å². The van der Waals surface area contributed by atoms with E-state index >= 15 is 0 Å². The van der Waals surface area contributed by atoms with Crippen molar-refractivity contribution >= 4 is 0 Å². The summed E-state index contributed by atoms with van der Waals surface area (Å²) in [6.07, 6.45) is -1.32. The van der Waals surface area contributed by atoms with E-state index in [2.05, 4.69) is 5.10 Å². The second-order valence-corrected chi connectivity index (χ2v) is 2.82. The summed E-state index contributed by atoms with van der Waals surface area (Å²) in [5, 5.41) is 13.6. The highest BCUT2D eigenvalue weighted by atomic mass is 19.3. The quantitative estimate of drug-likeness (QED) is 0.547. The lowest BCUT2D eigenvalue weighted by Crippen LogP contribution is -2.05. The number of rotatable bonds is 4. The van der Waals surface area contributed by atoms with Crippen molar-refractivity contribution in [3.05, 3.63) is 27.6 Å². The molecule has 0 fully saturated rings. The third-order valence-corrected chi connectivity index (χ3v) is 1.71. The number of halogens is 2. The van der Waals surface area contributed by atoms with E-state index in [-0.39, 0.29) is 24.2 Å². The second-order valence-electron chi connectivity index (χ2n) is 2.82. The van der Waals surface area contributed by atoms with Crippen molar-refractivity contribution in [2.24, 2.45) is 7.05 Å². The van der Waals surface area contributed by atoms with Crippen molar-refractivity contribution in [3.63, 3.8) is 0 Å². The molecule has 0 aliphatic rings. The first-order chi connectivity index (χ1) is 6.50. The number of aromatic nitrogens is 2. The Bertz CT molecular complexity index is 338. The molecule has 0 bridgehead atoms. The van der Waals surface area contributed by atoms with E-state index in [1.165, 1.54) is 17.9 Å². The molecule has 0 unspecified atom stereocenters. The summed E-state index contributed by atoms with van der Waals surface area (Å²) in [6.45, 7) is -0.356. The molecule has 1 heterocycles. The zero-order valence-electron chi connectivity index (χ0n) is 7.48. The van der Waals surface area contributed by atoms with Crippen molar-refractivity contribution in [1.82, 2.24) is 9.78 Å². The fraction of sp³-hybridized carbons (Fsp3) is 0.571. The minimum Gasteiger partial charge on any atom is -0.275 e. The summed E-state index contributed by atoms with van der Waals surface area (Å²) in [6, 6.07) is 0. The van der Waals surface area contributed by atoms with Crippen LogP contribution in [0.4, 0.5) is 8.78 Å². The van der Waals surface area contributed by atoms with Gasteiger partial charge in [0.15, 0.2) is 0 Å². The maximum atomic E-state index is 12.3. The standard InChI is InChI=1S/C7H9F2N3O2/c1-11-4-5(2-3-12(13)14)6(10-11)7(8)9/h4,7H,2-3H2,1H3. The zero-order valence-corrected chi connectivity index (χ0v) is 7.48. The van der Waals surface area contributed by atoms with Crippen LogP contribution >= 0.6 is 0 Å². The van der Waals surface area contributed by atoms with Crippen LogP contribution in [0.2, 0.25) is 0 Å². The molecule has 0 N–H and O–H groups in total. The van der Waals surface area contributed by atoms with Gasteiger partial charge in [-0.3, -0.25) is 14.8 Å². The molecule has 1 aromatic rings. The molecule has 0 radical (unpaired) electrons. The van der Waals surface area contributed by atoms with Gasteiger partial charge in [0.25, 0.3) is 6.43 Å². The van der Waals surface area contributed by atoms with Gasteiger partial charge in [-0.05, 0) is 0 Å². The Morgan fingerprint density at radius 2 is 2.36 bits per heavy atom. The van der Waals surface area contributed by atoms with Gasteiger partial charge >= 0.3 is 0 Å². The summed E-state index contributed by atoms with van der Waals surface area (Å²) in [7, 11) is 1.50. The highest BCUT2D eigenvalue weighted by Crippen LogP contribution is 2.21. The summed E-state index contributed by atoms with van der Waals surface area (Å²) in [5.41, 5.74) is -0.131. The van der Waals surface area contributed by atoms with Gasteiger partial charge in [-0.25, -0.2) is 8.78 Å². The Morgan fingerprint density at radius 3 is 2.86 bits per heavy atom. The predicted octanol–water partition coefficient (Wildman–Crippen LogP) is 1.18. The fourth-order valence-corrected chi connectivity index (χ4v) is 1.14. The Morgan fingerprint density at radius 1 is 1.71 bits per heavy atom. The molecule has 7 heteroatoms. The largest absolute Gasteiger partial charge is 0.282 e. The Hall–Kier alpha value is -1.53. The molecule has 0 aliphatic carbocycles. The van der Waals surface area contributed by atoms with Crippen LogP contribution in [0.25, 0.3) is 0 Å². The third-order valence-electron chi connectivity index (χ3n) is 1.71. The molecule has 0 aliphatic heterocycles. The van der Waals surface area contributed by atoms with Gasteiger partial charge < -0.3 is 0 Å². The summed E-state index contributed by atoms with van der Waals surface area (Å²) in [5.74, 6) is 0. The lowest BCUT2D eigenvalue weighted by molar-refractivity contribution is -0.479. The van der Waals surface area contributed by atoms with Crippen LogP contribution in [0.5, 0.6) is 0 Å². The zero-order chi connectivity index (χ0) is 10.7. The number of hydrogen-bond donors (Lipinski definition) is 0. The molecule has 0 aromatic carbocycles. The molecule has 0 saturated heterocycles. The number of nitrogens with zero attached hydrogens (tertiary/aromatic N) is 3. The van der Waals surface area contributed by atoms with Crippen LogP contribution in [-0.2, 0) is 13.5 Å². The van der Waals surface area contributed by atoms with Gasteiger partial charge in [0, 0.05) is 30.2 Å². The van der Waals surface area contributed by atoms with E-state index in [1.807, 2.05) is 0 Å². The molecular formula is C7H9F2N3O2. The number of hydrogen-bond acceptors (Lipinski definition) is 3. The lowest BCUT2D eigenvalue weighted by atomic mass is 10.2. The van der Waals surface area contributed by atoms with Gasteiger partial charge in [-0.1, -0.05) is 0 Å². The van der Waals surface area contributed by atoms with Gasteiger partial charge in [0.1, 0.15) is 5.69 Å². The average molecular weight is 205 g/mol. The van der Waals surface area contributed by atoms with E-state index in [4.69, 9.17) is 0 Å². The third kappa shape index (κ3) is 2.48. The maximum absolute atomic E-state index is 12.3. The summed E-state index contributed by atoms with van der Waals surface area (Å²) in [4.78, 5) is 9.51. The molecular weight excluding hydrogens is 196 g/mol. The van der Waals surface area contributed by atoms with Gasteiger partial charge in [0.2, 0.25) is 6.54 Å². The lowest BCUT2D eigenvalue weighted by Gasteiger charge is -1.96. The van der Waals surface area contributed by atoms with Crippen LogP contribution in [0, 0.1) is 10.1 Å². The number of aryl methyl sites for hydroxylation is 1. The molecule has 14 heavy (non-hydrogen) atoms. The number of nitro groups is 1. The van der Waals surface area contributed by atoms with Crippen molar-refractivity contribution < 1.29 is 13.7 Å². The monoisotopic (exact) mass is 205 g/mol. The summed E-state index contributed by atoms with van der Waals surface area (Å²) < 4.78 is 25.9. The van der Waals surface area contributed by atoms with Crippen LogP contribution < -0.4 is 0 Å². The second kappa shape index (κ2) is 4.12. The number of alkyl halides is 2. The molecule has 0 spiro atoms. The van der Waals surface area contributed by atoms with Gasteiger partial charge in [-0.15, -0.1) is 0 Å². The van der Waals surface area contributed by atoms with E-state index in [0.717, 1.165) is 0 Å². The Labute approximate surface area is 78.5 Å². The maximum Gasteiger partial charge on any atom is 0.282 e. The molecule has 1 rings (SSSR count). The first kappa shape index (κ1) is 10.6. The first-order valence-electron chi connectivity index (χ1n) is 3.93. The van der Waals surface area contributed by atoms with Crippen LogP contribution in [0.1, 0.15) is 17.7 Å². The van der Waals surface area contributed by atoms with E-state index in [9.17, 15) is 18.9 Å². The SMILES string of the molecule is Cn1cc(CC[N+](=O)[O-])c(C(F)F)n1. The van der Waals surface area contributed by atoms with Crippen LogP contribution in [-0.4, -0.2) is 21.2 Å². The van der Waals surface area contributed by atoms with Gasteiger partial charge in [0.05, 0.1) is 0 Å². The Balaban J connectivity index is 2.79. The molecule has 0 amide bonds. The highest BCUT2D eigenvalue weighted by Gasteiger charge is 2.18. The summed E-state index contributed by atoms with van der Waals surface area (Å²) >= 11 is 0. The first-order valence-corrected chi connectivity index (χ1v) is 3.93. The van der Waals surface area contributed by atoms with E-state index < -0.39 is 11.3 Å². The van der Waals surface area contributed by atoms with Crippen molar-refractivity contribution in [2.45, 2.75) is 12.8 Å². The van der Waals surface area contributed by atoms with E-state index in [1.54, 1.807) is 0 Å². The molecule has 0 saturated carbocycles. The van der Waals surface area contributed by atoms with Crippen LogP contribution in [0.15, 0.2) is 6.20 Å². The molecule has 1 aromatic heterocycles. The smallest absolute Gasteiger partial charge is 0.275 e. The minimum absolute atomic E-state index is 0.0134. The minimum atomic E-state index is -2.68. The van der Waals surface area contributed by atoms with Gasteiger partial charge in [-0.2, -0.15) is 5.10 Å².